The number of carbonyl (C=O) groups is 3. The van der Waals surface area contributed by atoms with Crippen LogP contribution in [0.15, 0.2) is 53.4 Å². The molecular weight excluding hydrogens is 539 g/mol. The Balaban J connectivity index is 0.000000470. The molecular formula is C24H22F3N7O6. The van der Waals surface area contributed by atoms with Crippen molar-refractivity contribution in [3.63, 3.8) is 0 Å². The fourth-order valence-electron chi connectivity index (χ4n) is 3.61. The zero-order valence-electron chi connectivity index (χ0n) is 20.6. The second-order valence-electron chi connectivity index (χ2n) is 8.27. The van der Waals surface area contributed by atoms with E-state index in [0.717, 1.165) is 18.8 Å². The summed E-state index contributed by atoms with van der Waals surface area (Å²) in [5.74, 6) is -2.63. The molecule has 0 saturated carbocycles. The molecule has 13 nitrogen and oxygen atoms in total. The fraction of sp³-hybridized carbons (Fsp3) is 0.250. The van der Waals surface area contributed by atoms with Gasteiger partial charge < -0.3 is 29.9 Å². The first-order chi connectivity index (χ1) is 19.1. The van der Waals surface area contributed by atoms with E-state index in [1.165, 1.54) is 6.39 Å². The van der Waals surface area contributed by atoms with Gasteiger partial charge in [0.1, 0.15) is 0 Å². The number of aromatic nitrogens is 4. The van der Waals surface area contributed by atoms with Crippen molar-refractivity contribution < 1.29 is 41.9 Å². The molecule has 2 aromatic carbocycles. The van der Waals surface area contributed by atoms with Crippen LogP contribution < -0.4 is 15.5 Å². The molecule has 1 saturated heterocycles. The first-order valence-electron chi connectivity index (χ1n) is 11.7. The van der Waals surface area contributed by atoms with Crippen LogP contribution in [0.3, 0.4) is 0 Å². The fourth-order valence-corrected chi connectivity index (χ4v) is 3.61. The Kier molecular flexibility index (Phi) is 8.58. The maximum absolute atomic E-state index is 12.8. The Morgan fingerprint density at radius 3 is 2.33 bits per heavy atom. The lowest BCUT2D eigenvalue weighted by Crippen LogP contribution is -2.36. The topological polar surface area (TPSA) is 176 Å². The van der Waals surface area contributed by atoms with Crippen molar-refractivity contribution >= 4 is 40.2 Å². The molecule has 0 bridgehead atoms. The minimum atomic E-state index is -5.08. The number of fused-ring (bicyclic) bond motifs is 1. The summed E-state index contributed by atoms with van der Waals surface area (Å²) in [5.41, 5.74) is 2.68. The van der Waals surface area contributed by atoms with Crippen LogP contribution in [0.4, 0.5) is 24.7 Å². The first-order valence-corrected chi connectivity index (χ1v) is 11.7. The predicted molar refractivity (Wildman–Crippen MR) is 133 cm³/mol. The monoisotopic (exact) mass is 561 g/mol. The van der Waals surface area contributed by atoms with Crippen LogP contribution >= 0.6 is 0 Å². The molecule has 1 aliphatic rings. The van der Waals surface area contributed by atoms with Crippen molar-refractivity contribution in [2.45, 2.75) is 12.7 Å². The minimum absolute atomic E-state index is 0.142. The number of halogens is 3. The molecule has 1 aliphatic heterocycles. The van der Waals surface area contributed by atoms with Gasteiger partial charge in [0, 0.05) is 35.3 Å². The summed E-state index contributed by atoms with van der Waals surface area (Å²) in [5, 5.41) is 24.0. The average Bonchev–Trinajstić information content (AvgIpc) is 3.62. The van der Waals surface area contributed by atoms with E-state index in [1.807, 2.05) is 12.1 Å². The standard InChI is InChI=1S/C22H21N7O4.C2HF3O2/c30-21(23-12-19-24-13-33-28-19)15-3-6-18-17(11-15)20(27-26-18)25-22(31)14-1-4-16(5-2-14)29-7-9-32-10-8-29;3-2(4,5)1(6)7/h1-6,11,13H,7-10,12H2,(H,23,30)(H2,25,26,27,31);(H,6,7). The number of aromatic amines is 1. The largest absolute Gasteiger partial charge is 0.490 e. The summed E-state index contributed by atoms with van der Waals surface area (Å²) in [6.45, 7) is 3.20. The number of carboxylic acids is 1. The molecule has 210 valence electrons. The predicted octanol–water partition coefficient (Wildman–Crippen LogP) is 2.60. The Morgan fingerprint density at radius 2 is 1.70 bits per heavy atom. The van der Waals surface area contributed by atoms with E-state index in [-0.39, 0.29) is 18.4 Å². The van der Waals surface area contributed by atoms with Gasteiger partial charge in [-0.1, -0.05) is 5.16 Å². The molecule has 5 rings (SSSR count). The number of ether oxygens (including phenoxy) is 1. The third-order valence-electron chi connectivity index (χ3n) is 5.62. The highest BCUT2D eigenvalue weighted by molar-refractivity contribution is 6.09. The van der Waals surface area contributed by atoms with E-state index in [9.17, 15) is 22.8 Å². The lowest BCUT2D eigenvalue weighted by Gasteiger charge is -2.28. The summed E-state index contributed by atoms with van der Waals surface area (Å²) in [6, 6.07) is 12.5. The van der Waals surface area contributed by atoms with Crippen molar-refractivity contribution in [2.24, 2.45) is 0 Å². The van der Waals surface area contributed by atoms with Crippen molar-refractivity contribution in [1.29, 1.82) is 0 Å². The molecule has 0 unspecified atom stereocenters. The van der Waals surface area contributed by atoms with Crippen LogP contribution in [0, 0.1) is 0 Å². The van der Waals surface area contributed by atoms with Gasteiger partial charge in [0.25, 0.3) is 11.8 Å². The number of carbonyl (C=O) groups excluding carboxylic acids is 2. The second kappa shape index (κ2) is 12.2. The zero-order chi connectivity index (χ0) is 28.7. The van der Waals surface area contributed by atoms with Gasteiger partial charge in [-0.25, -0.2) is 4.79 Å². The molecule has 4 N–H and O–H groups in total. The van der Waals surface area contributed by atoms with Gasteiger partial charge in [-0.2, -0.15) is 23.3 Å². The third kappa shape index (κ3) is 7.10. The molecule has 0 atom stereocenters. The van der Waals surface area contributed by atoms with E-state index in [2.05, 4.69) is 40.4 Å². The highest BCUT2D eigenvalue weighted by Crippen LogP contribution is 2.23. The summed E-state index contributed by atoms with van der Waals surface area (Å²) in [7, 11) is 0. The van der Waals surface area contributed by atoms with Crippen molar-refractivity contribution in [3.05, 3.63) is 65.8 Å². The Morgan fingerprint density at radius 1 is 1.02 bits per heavy atom. The number of hydrogen-bond acceptors (Lipinski definition) is 9. The van der Waals surface area contributed by atoms with Crippen LogP contribution in [-0.2, 0) is 16.1 Å². The van der Waals surface area contributed by atoms with Gasteiger partial charge in [0.15, 0.2) is 11.6 Å². The number of benzene rings is 2. The van der Waals surface area contributed by atoms with Gasteiger partial charge in [0.2, 0.25) is 6.39 Å². The lowest BCUT2D eigenvalue weighted by atomic mass is 10.1. The number of rotatable bonds is 6. The molecule has 0 spiro atoms. The smallest absolute Gasteiger partial charge is 0.475 e. The van der Waals surface area contributed by atoms with E-state index in [4.69, 9.17) is 14.6 Å². The number of nitrogens with one attached hydrogen (secondary N) is 3. The molecule has 2 amide bonds. The van der Waals surface area contributed by atoms with Crippen molar-refractivity contribution in [1.82, 2.24) is 25.7 Å². The number of H-pyrrole nitrogens is 1. The number of morpholine rings is 1. The molecule has 0 aliphatic carbocycles. The molecule has 2 aromatic heterocycles. The summed E-state index contributed by atoms with van der Waals surface area (Å²) in [4.78, 5) is 40.3. The van der Waals surface area contributed by atoms with Crippen LogP contribution in [-0.4, -0.2) is 75.7 Å². The lowest BCUT2D eigenvalue weighted by molar-refractivity contribution is -0.192. The van der Waals surface area contributed by atoms with Gasteiger partial charge in [-0.3, -0.25) is 14.7 Å². The number of carboxylic acid groups (broad SMARTS) is 1. The normalized spacial score (nSPS) is 13.3. The second-order valence-corrected chi connectivity index (χ2v) is 8.27. The van der Waals surface area contributed by atoms with Gasteiger partial charge in [0.05, 0.1) is 25.3 Å². The molecule has 4 aromatic rings. The van der Waals surface area contributed by atoms with Crippen LogP contribution in [0.25, 0.3) is 10.9 Å². The van der Waals surface area contributed by atoms with Crippen molar-refractivity contribution in [3.8, 4) is 0 Å². The van der Waals surface area contributed by atoms with Gasteiger partial charge in [-0.15, -0.1) is 0 Å². The minimum Gasteiger partial charge on any atom is -0.475 e. The Hall–Kier alpha value is -4.99. The van der Waals surface area contributed by atoms with Crippen molar-refractivity contribution in [2.75, 3.05) is 36.5 Å². The molecule has 3 heterocycles. The molecule has 16 heteroatoms. The van der Waals surface area contributed by atoms with Crippen LogP contribution in [0.5, 0.6) is 0 Å². The maximum Gasteiger partial charge on any atom is 0.490 e. The average molecular weight is 561 g/mol. The molecule has 1 fully saturated rings. The number of amides is 2. The third-order valence-corrected chi connectivity index (χ3v) is 5.62. The zero-order valence-corrected chi connectivity index (χ0v) is 20.6. The first kappa shape index (κ1) is 28.0. The summed E-state index contributed by atoms with van der Waals surface area (Å²) in [6.07, 6.45) is -3.88. The van der Waals surface area contributed by atoms with Gasteiger partial charge >= 0.3 is 12.1 Å². The number of anilines is 2. The number of aliphatic carboxylic acids is 1. The van der Waals surface area contributed by atoms with Crippen LogP contribution in [0.1, 0.15) is 26.5 Å². The highest BCUT2D eigenvalue weighted by Gasteiger charge is 2.38. The number of alkyl halides is 3. The SMILES string of the molecule is O=C(NCc1ncon1)c1ccc2[nH]nc(NC(=O)c3ccc(N4CCOCC4)cc3)c2c1.O=C(O)C(F)(F)F. The Labute approximate surface area is 223 Å². The van der Waals surface area contributed by atoms with Crippen LogP contribution in [0.2, 0.25) is 0 Å². The molecule has 40 heavy (non-hydrogen) atoms. The summed E-state index contributed by atoms with van der Waals surface area (Å²) < 4.78 is 41.8. The van der Waals surface area contributed by atoms with E-state index >= 15 is 0 Å². The van der Waals surface area contributed by atoms with E-state index in [1.54, 1.807) is 30.3 Å². The van der Waals surface area contributed by atoms with Gasteiger partial charge in [-0.05, 0) is 42.5 Å². The highest BCUT2D eigenvalue weighted by atomic mass is 19.4. The van der Waals surface area contributed by atoms with E-state index in [0.29, 0.717) is 46.9 Å². The Bertz CT molecular complexity index is 1470. The number of hydrogen-bond donors (Lipinski definition) is 4. The number of nitrogens with zero attached hydrogens (tertiary/aromatic N) is 4. The maximum atomic E-state index is 12.8. The van der Waals surface area contributed by atoms with E-state index < -0.39 is 12.1 Å². The molecule has 0 radical (unpaired) electrons. The summed E-state index contributed by atoms with van der Waals surface area (Å²) >= 11 is 0. The quantitative estimate of drug-likeness (QED) is 0.274.